The molecule has 0 bridgehead atoms. The van der Waals surface area contributed by atoms with E-state index in [2.05, 4.69) is 15.2 Å². The van der Waals surface area contributed by atoms with Gasteiger partial charge in [-0.15, -0.1) is 21.5 Å². The van der Waals surface area contributed by atoms with Crippen LogP contribution in [0.1, 0.15) is 58.3 Å². The Balaban J connectivity index is 1.73. The topological polar surface area (TPSA) is 101 Å². The maximum atomic E-state index is 13.0. The van der Waals surface area contributed by atoms with Gasteiger partial charge in [0, 0.05) is 5.69 Å². The molecule has 0 aliphatic heterocycles. The van der Waals surface area contributed by atoms with Gasteiger partial charge in [-0.2, -0.15) is 0 Å². The first-order valence-corrected chi connectivity index (χ1v) is 10.8. The van der Waals surface area contributed by atoms with Crippen LogP contribution in [0.2, 0.25) is 0 Å². The lowest BCUT2D eigenvalue weighted by atomic mass is 10.1. The number of carbonyl (C=O) groups is 2. The molecule has 3 aromatic heterocycles. The third kappa shape index (κ3) is 4.85. The summed E-state index contributed by atoms with van der Waals surface area (Å²) in [5.74, 6) is 0.432. The van der Waals surface area contributed by atoms with Gasteiger partial charge in [-0.25, -0.2) is 4.79 Å². The van der Waals surface area contributed by atoms with Crippen LogP contribution in [-0.4, -0.2) is 51.5 Å². The van der Waals surface area contributed by atoms with Crippen molar-refractivity contribution in [3.63, 3.8) is 0 Å². The lowest BCUT2D eigenvalue weighted by Gasteiger charge is -2.18. The lowest BCUT2D eigenvalue weighted by Crippen LogP contribution is -2.31. The van der Waals surface area contributed by atoms with Crippen molar-refractivity contribution in [1.29, 1.82) is 0 Å². The number of nitrogens with one attached hydrogen (secondary N) is 1. The molecule has 0 saturated carbocycles. The van der Waals surface area contributed by atoms with E-state index < -0.39 is 5.97 Å². The highest BCUT2D eigenvalue weighted by Crippen LogP contribution is 2.24. The molecule has 0 amide bonds. The molecule has 0 radical (unpaired) electrons. The fourth-order valence-electron chi connectivity index (χ4n) is 3.36. The highest BCUT2D eigenvalue weighted by molar-refractivity contribution is 7.13. The number of aryl methyl sites for hydroxylation is 1. The summed E-state index contributed by atoms with van der Waals surface area (Å²) in [7, 11) is 0. The number of hydrogen-bond acceptors (Lipinski definition) is 8. The Morgan fingerprint density at radius 3 is 2.73 bits per heavy atom. The smallest absolute Gasteiger partial charge is 0.340 e. The molecule has 0 spiro atoms. The molecule has 30 heavy (non-hydrogen) atoms. The zero-order valence-electron chi connectivity index (χ0n) is 17.7. The third-order valence-electron chi connectivity index (χ3n) is 4.66. The molecule has 0 fully saturated rings. The number of ketones is 1. The number of carbonyl (C=O) groups excluding carboxylic acids is 2. The van der Waals surface area contributed by atoms with Crippen LogP contribution in [0.3, 0.4) is 0 Å². The number of esters is 1. The van der Waals surface area contributed by atoms with Gasteiger partial charge in [-0.3, -0.25) is 9.69 Å². The number of rotatable bonds is 10. The molecular formula is C21H26N4O4S. The van der Waals surface area contributed by atoms with Crippen molar-refractivity contribution in [1.82, 2.24) is 20.1 Å². The molecule has 0 aliphatic rings. The summed E-state index contributed by atoms with van der Waals surface area (Å²) < 4.78 is 10.9. The SMILES string of the molecule is CCCN(CC(=O)c1[nH]c(C)c(C(=O)OCC)c1C)Cc1nnc(-c2cccs2)o1. The molecule has 0 atom stereocenters. The molecule has 3 aromatic rings. The first-order chi connectivity index (χ1) is 14.4. The van der Waals surface area contributed by atoms with Crippen LogP contribution in [0.5, 0.6) is 0 Å². The van der Waals surface area contributed by atoms with Crippen molar-refractivity contribution >= 4 is 23.1 Å². The van der Waals surface area contributed by atoms with Crippen molar-refractivity contribution in [2.75, 3.05) is 19.7 Å². The number of thiophene rings is 1. The second-order valence-corrected chi connectivity index (χ2v) is 7.91. The predicted octanol–water partition coefficient (Wildman–Crippen LogP) is 4.01. The number of Topliss-reactive ketones (excluding diaryl/α,β-unsaturated/α-hetero) is 1. The summed E-state index contributed by atoms with van der Waals surface area (Å²) in [6.07, 6.45) is 0.871. The normalized spacial score (nSPS) is 11.2. The predicted molar refractivity (Wildman–Crippen MR) is 114 cm³/mol. The van der Waals surface area contributed by atoms with Crippen LogP contribution in [0, 0.1) is 13.8 Å². The van der Waals surface area contributed by atoms with E-state index in [0.717, 1.165) is 11.3 Å². The van der Waals surface area contributed by atoms with Gasteiger partial charge in [0.1, 0.15) is 0 Å². The fraction of sp³-hybridized carbons (Fsp3) is 0.429. The van der Waals surface area contributed by atoms with E-state index >= 15 is 0 Å². The minimum absolute atomic E-state index is 0.0994. The Morgan fingerprint density at radius 2 is 2.07 bits per heavy atom. The maximum Gasteiger partial charge on any atom is 0.340 e. The zero-order chi connectivity index (χ0) is 21.7. The van der Waals surface area contributed by atoms with Crippen LogP contribution >= 0.6 is 11.3 Å². The van der Waals surface area contributed by atoms with Gasteiger partial charge < -0.3 is 14.1 Å². The number of H-pyrrole nitrogens is 1. The Hall–Kier alpha value is -2.78. The quantitative estimate of drug-likeness (QED) is 0.383. The van der Waals surface area contributed by atoms with Crippen molar-refractivity contribution in [2.45, 2.75) is 40.7 Å². The van der Waals surface area contributed by atoms with Crippen LogP contribution in [0.15, 0.2) is 21.9 Å². The molecule has 3 rings (SSSR count). The van der Waals surface area contributed by atoms with E-state index in [1.807, 2.05) is 29.3 Å². The number of hydrogen-bond donors (Lipinski definition) is 1. The summed E-state index contributed by atoms with van der Waals surface area (Å²) in [4.78, 5) is 31.1. The minimum atomic E-state index is -0.416. The third-order valence-corrected chi connectivity index (χ3v) is 5.52. The van der Waals surface area contributed by atoms with E-state index in [1.54, 1.807) is 20.8 Å². The lowest BCUT2D eigenvalue weighted by molar-refractivity contribution is 0.0525. The minimum Gasteiger partial charge on any atom is -0.462 e. The molecule has 0 saturated heterocycles. The highest BCUT2D eigenvalue weighted by Gasteiger charge is 2.24. The van der Waals surface area contributed by atoms with Gasteiger partial charge in [0.25, 0.3) is 5.89 Å². The summed E-state index contributed by atoms with van der Waals surface area (Å²) >= 11 is 1.53. The molecule has 0 aromatic carbocycles. The second-order valence-electron chi connectivity index (χ2n) is 6.96. The number of aromatic amines is 1. The second kappa shape index (κ2) is 9.82. The molecule has 8 nitrogen and oxygen atoms in total. The average molecular weight is 431 g/mol. The van der Waals surface area contributed by atoms with Crippen molar-refractivity contribution in [3.8, 4) is 10.8 Å². The summed E-state index contributed by atoms with van der Waals surface area (Å²) in [6, 6.07) is 3.85. The Bertz CT molecular complexity index is 1010. The molecular weight excluding hydrogens is 404 g/mol. The van der Waals surface area contributed by atoms with E-state index in [0.29, 0.717) is 47.4 Å². The summed E-state index contributed by atoms with van der Waals surface area (Å²) in [6.45, 7) is 8.87. The zero-order valence-corrected chi connectivity index (χ0v) is 18.5. The maximum absolute atomic E-state index is 13.0. The molecule has 3 heterocycles. The summed E-state index contributed by atoms with van der Waals surface area (Å²) in [5, 5.41) is 10.2. The highest BCUT2D eigenvalue weighted by atomic mass is 32.1. The molecule has 1 N–H and O–H groups in total. The number of aromatic nitrogens is 3. The molecule has 0 unspecified atom stereocenters. The summed E-state index contributed by atoms with van der Waals surface area (Å²) in [5.41, 5.74) is 2.11. The fourth-order valence-corrected chi connectivity index (χ4v) is 4.00. The van der Waals surface area contributed by atoms with Gasteiger partial charge >= 0.3 is 5.97 Å². The van der Waals surface area contributed by atoms with Gasteiger partial charge in [0.2, 0.25) is 5.89 Å². The number of nitrogens with zero attached hydrogens (tertiary/aromatic N) is 3. The molecule has 9 heteroatoms. The van der Waals surface area contributed by atoms with Crippen molar-refractivity contribution in [3.05, 3.63) is 45.9 Å². The standard InChI is InChI=1S/C21H26N4O4S/c1-5-9-25(12-17-23-24-20(29-17)16-8-7-10-30-16)11-15(26)19-13(3)18(14(4)22-19)21(27)28-6-2/h7-8,10,22H,5-6,9,11-12H2,1-4H3. The van der Waals surface area contributed by atoms with E-state index in [9.17, 15) is 9.59 Å². The Morgan fingerprint density at radius 1 is 1.27 bits per heavy atom. The molecule has 160 valence electrons. The van der Waals surface area contributed by atoms with Gasteiger partial charge in [-0.05, 0) is 50.7 Å². The first-order valence-electron chi connectivity index (χ1n) is 9.92. The monoisotopic (exact) mass is 430 g/mol. The van der Waals surface area contributed by atoms with E-state index in [1.165, 1.54) is 11.3 Å². The van der Waals surface area contributed by atoms with Gasteiger partial charge in [0.15, 0.2) is 5.78 Å². The van der Waals surface area contributed by atoms with Crippen molar-refractivity contribution < 1.29 is 18.7 Å². The van der Waals surface area contributed by atoms with Crippen LogP contribution < -0.4 is 0 Å². The molecule has 0 aliphatic carbocycles. The van der Waals surface area contributed by atoms with Crippen LogP contribution in [-0.2, 0) is 11.3 Å². The van der Waals surface area contributed by atoms with Gasteiger partial charge in [0.05, 0.1) is 35.8 Å². The Kier molecular flexibility index (Phi) is 7.17. The van der Waals surface area contributed by atoms with Crippen LogP contribution in [0.4, 0.5) is 0 Å². The van der Waals surface area contributed by atoms with E-state index in [4.69, 9.17) is 9.15 Å². The van der Waals surface area contributed by atoms with Gasteiger partial charge in [-0.1, -0.05) is 13.0 Å². The van der Waals surface area contributed by atoms with Crippen molar-refractivity contribution in [2.24, 2.45) is 0 Å². The first kappa shape index (κ1) is 21.9. The Labute approximate surface area is 179 Å². The van der Waals surface area contributed by atoms with E-state index in [-0.39, 0.29) is 18.9 Å². The number of ether oxygens (including phenoxy) is 1. The van der Waals surface area contributed by atoms with Crippen LogP contribution in [0.25, 0.3) is 10.8 Å². The average Bonchev–Trinajstić information content (AvgIpc) is 3.42. The largest absolute Gasteiger partial charge is 0.462 e.